The van der Waals surface area contributed by atoms with Gasteiger partial charge < -0.3 is 14.6 Å². The third kappa shape index (κ3) is 3.93. The number of nitrogens with zero attached hydrogens (tertiary/aromatic N) is 1. The molecule has 1 saturated heterocycles. The van der Waals surface area contributed by atoms with Crippen molar-refractivity contribution < 1.29 is 19.0 Å². The zero-order valence-electron chi connectivity index (χ0n) is 15.5. The van der Waals surface area contributed by atoms with Crippen LogP contribution in [0.1, 0.15) is 43.9 Å². The van der Waals surface area contributed by atoms with E-state index in [4.69, 9.17) is 9.47 Å². The molecule has 5 heteroatoms. The quantitative estimate of drug-likeness (QED) is 0.853. The number of hydrogen-bond donors (Lipinski definition) is 1. The summed E-state index contributed by atoms with van der Waals surface area (Å²) in [7, 11) is 1.61. The van der Waals surface area contributed by atoms with E-state index in [0.29, 0.717) is 23.3 Å². The van der Waals surface area contributed by atoms with Crippen LogP contribution in [-0.4, -0.2) is 49.6 Å². The summed E-state index contributed by atoms with van der Waals surface area (Å²) in [4.78, 5) is 2.50. The Morgan fingerprint density at radius 1 is 1.32 bits per heavy atom. The van der Waals surface area contributed by atoms with Gasteiger partial charge in [0, 0.05) is 19.1 Å². The standard InChI is InChI=1S/C20H30FNO3/c1-13(2)8-15-12-22-6-4-14-9-20(25-7-5-21)19(24-3)10-16(14)17(22)11-18(15)23/h9-10,13,15,17-18,23H,4-8,11-12H2,1-3H3. The lowest BCUT2D eigenvalue weighted by Gasteiger charge is -2.46. The van der Waals surface area contributed by atoms with E-state index in [9.17, 15) is 9.50 Å². The van der Waals surface area contributed by atoms with E-state index < -0.39 is 6.67 Å². The number of aliphatic hydroxyl groups excluding tert-OH is 1. The van der Waals surface area contributed by atoms with Crippen molar-refractivity contribution in [2.75, 3.05) is 33.5 Å². The molecule has 0 spiro atoms. The number of alkyl halides is 1. The summed E-state index contributed by atoms with van der Waals surface area (Å²) in [5.74, 6) is 2.21. The van der Waals surface area contributed by atoms with Crippen molar-refractivity contribution in [1.29, 1.82) is 0 Å². The molecule has 2 heterocycles. The van der Waals surface area contributed by atoms with Crippen LogP contribution in [0.2, 0.25) is 0 Å². The van der Waals surface area contributed by atoms with Crippen LogP contribution in [0.15, 0.2) is 12.1 Å². The van der Waals surface area contributed by atoms with Gasteiger partial charge in [-0.25, -0.2) is 4.39 Å². The highest BCUT2D eigenvalue weighted by Gasteiger charge is 2.38. The predicted octanol–water partition coefficient (Wildman–Crippen LogP) is 3.37. The number of benzene rings is 1. The van der Waals surface area contributed by atoms with E-state index in [1.165, 1.54) is 11.1 Å². The number of methoxy groups -OCH3 is 1. The van der Waals surface area contributed by atoms with Gasteiger partial charge in [0.1, 0.15) is 13.3 Å². The summed E-state index contributed by atoms with van der Waals surface area (Å²) >= 11 is 0. The lowest BCUT2D eigenvalue weighted by atomic mass is 9.79. The van der Waals surface area contributed by atoms with Gasteiger partial charge in [-0.3, -0.25) is 4.90 Å². The first kappa shape index (κ1) is 18.5. The molecule has 1 aromatic rings. The minimum Gasteiger partial charge on any atom is -0.493 e. The topological polar surface area (TPSA) is 41.9 Å². The Hall–Kier alpha value is -1.33. The number of hydrogen-bond acceptors (Lipinski definition) is 4. The summed E-state index contributed by atoms with van der Waals surface area (Å²) in [6, 6.07) is 4.24. The molecule has 0 aromatic heterocycles. The molecule has 0 amide bonds. The number of ether oxygens (including phenoxy) is 2. The molecule has 2 aliphatic heterocycles. The molecule has 4 nitrogen and oxygen atoms in total. The lowest BCUT2D eigenvalue weighted by Crippen LogP contribution is -2.48. The van der Waals surface area contributed by atoms with Gasteiger partial charge in [0.15, 0.2) is 11.5 Å². The average Bonchev–Trinajstić information content (AvgIpc) is 2.59. The summed E-state index contributed by atoms with van der Waals surface area (Å²) < 4.78 is 23.4. The Labute approximate surface area is 149 Å². The van der Waals surface area contributed by atoms with Gasteiger partial charge in [-0.15, -0.1) is 0 Å². The highest BCUT2D eigenvalue weighted by molar-refractivity contribution is 5.49. The molecule has 3 rings (SSSR count). The van der Waals surface area contributed by atoms with Gasteiger partial charge in [0.05, 0.1) is 13.2 Å². The van der Waals surface area contributed by atoms with E-state index in [1.54, 1.807) is 7.11 Å². The monoisotopic (exact) mass is 351 g/mol. The first-order chi connectivity index (χ1) is 12.0. The van der Waals surface area contributed by atoms with Crippen LogP contribution in [0, 0.1) is 11.8 Å². The number of aliphatic hydroxyl groups is 1. The average molecular weight is 351 g/mol. The number of piperidine rings is 1. The summed E-state index contributed by atoms with van der Waals surface area (Å²) in [5.41, 5.74) is 2.45. The second-order valence-corrected chi connectivity index (χ2v) is 7.69. The molecule has 0 bridgehead atoms. The molecular formula is C20H30FNO3. The summed E-state index contributed by atoms with van der Waals surface area (Å²) in [6.45, 7) is 5.91. The van der Waals surface area contributed by atoms with Crippen molar-refractivity contribution in [1.82, 2.24) is 4.90 Å². The van der Waals surface area contributed by atoms with Crippen LogP contribution in [0.5, 0.6) is 11.5 Å². The molecule has 3 unspecified atom stereocenters. The molecule has 1 N–H and O–H groups in total. The third-order valence-electron chi connectivity index (χ3n) is 5.48. The molecular weight excluding hydrogens is 321 g/mol. The molecule has 140 valence electrons. The Bertz CT molecular complexity index is 593. The smallest absolute Gasteiger partial charge is 0.161 e. The second kappa shape index (κ2) is 7.92. The highest BCUT2D eigenvalue weighted by atomic mass is 19.1. The van der Waals surface area contributed by atoms with Crippen molar-refractivity contribution in [3.63, 3.8) is 0 Å². The fourth-order valence-corrected chi connectivity index (χ4v) is 4.36. The lowest BCUT2D eigenvalue weighted by molar-refractivity contribution is -0.0191. The van der Waals surface area contributed by atoms with Crippen LogP contribution in [0.25, 0.3) is 0 Å². The van der Waals surface area contributed by atoms with E-state index in [2.05, 4.69) is 18.7 Å². The van der Waals surface area contributed by atoms with Crippen molar-refractivity contribution in [2.45, 2.75) is 45.3 Å². The van der Waals surface area contributed by atoms with E-state index >= 15 is 0 Å². The van der Waals surface area contributed by atoms with Crippen molar-refractivity contribution in [3.8, 4) is 11.5 Å². The molecule has 0 saturated carbocycles. The van der Waals surface area contributed by atoms with Crippen LogP contribution in [0.3, 0.4) is 0 Å². The Morgan fingerprint density at radius 2 is 2.12 bits per heavy atom. The fraction of sp³-hybridized carbons (Fsp3) is 0.700. The molecule has 3 atom stereocenters. The van der Waals surface area contributed by atoms with Gasteiger partial charge in [-0.1, -0.05) is 13.8 Å². The minimum atomic E-state index is -0.514. The van der Waals surface area contributed by atoms with Crippen LogP contribution in [0.4, 0.5) is 4.39 Å². The third-order valence-corrected chi connectivity index (χ3v) is 5.48. The first-order valence-corrected chi connectivity index (χ1v) is 9.35. The van der Waals surface area contributed by atoms with Crippen LogP contribution >= 0.6 is 0 Å². The van der Waals surface area contributed by atoms with Crippen molar-refractivity contribution in [3.05, 3.63) is 23.3 Å². The zero-order valence-corrected chi connectivity index (χ0v) is 15.5. The van der Waals surface area contributed by atoms with Gasteiger partial charge in [-0.05, 0) is 54.4 Å². The maximum atomic E-state index is 12.4. The highest BCUT2D eigenvalue weighted by Crippen LogP contribution is 2.43. The maximum Gasteiger partial charge on any atom is 0.161 e. The van der Waals surface area contributed by atoms with E-state index in [-0.39, 0.29) is 18.8 Å². The Morgan fingerprint density at radius 3 is 2.80 bits per heavy atom. The molecule has 25 heavy (non-hydrogen) atoms. The summed E-state index contributed by atoms with van der Waals surface area (Å²) in [5, 5.41) is 10.7. The second-order valence-electron chi connectivity index (χ2n) is 7.69. The van der Waals surface area contributed by atoms with Crippen molar-refractivity contribution >= 4 is 0 Å². The molecule has 1 aromatic carbocycles. The van der Waals surface area contributed by atoms with E-state index in [1.807, 2.05) is 12.1 Å². The SMILES string of the molecule is COc1cc2c(cc1OCCF)CCN1CC(CC(C)C)C(O)CC21. The molecule has 2 aliphatic rings. The maximum absolute atomic E-state index is 12.4. The number of halogens is 1. The van der Waals surface area contributed by atoms with Gasteiger partial charge in [-0.2, -0.15) is 0 Å². The van der Waals surface area contributed by atoms with Gasteiger partial charge >= 0.3 is 0 Å². The molecule has 1 fully saturated rings. The Kier molecular flexibility index (Phi) is 5.85. The summed E-state index contributed by atoms with van der Waals surface area (Å²) in [6.07, 6.45) is 2.52. The van der Waals surface area contributed by atoms with Crippen LogP contribution in [-0.2, 0) is 6.42 Å². The normalized spacial score (nSPS) is 26.2. The van der Waals surface area contributed by atoms with Crippen molar-refractivity contribution in [2.24, 2.45) is 11.8 Å². The van der Waals surface area contributed by atoms with Crippen LogP contribution < -0.4 is 9.47 Å². The van der Waals surface area contributed by atoms with Gasteiger partial charge in [0.2, 0.25) is 0 Å². The van der Waals surface area contributed by atoms with Gasteiger partial charge in [0.25, 0.3) is 0 Å². The fourth-order valence-electron chi connectivity index (χ4n) is 4.36. The number of fused-ring (bicyclic) bond motifs is 3. The zero-order chi connectivity index (χ0) is 18.0. The minimum absolute atomic E-state index is 0.0420. The first-order valence-electron chi connectivity index (χ1n) is 9.35. The predicted molar refractivity (Wildman–Crippen MR) is 96.1 cm³/mol. The van der Waals surface area contributed by atoms with E-state index in [0.717, 1.165) is 32.4 Å². The number of rotatable bonds is 6. The molecule has 0 radical (unpaired) electrons. The Balaban J connectivity index is 1.84. The largest absolute Gasteiger partial charge is 0.493 e. The molecule has 0 aliphatic carbocycles.